The second kappa shape index (κ2) is 8.01. The van der Waals surface area contributed by atoms with E-state index in [-0.39, 0.29) is 5.91 Å². The first-order valence-corrected chi connectivity index (χ1v) is 8.60. The fourth-order valence-electron chi connectivity index (χ4n) is 3.19. The van der Waals surface area contributed by atoms with Gasteiger partial charge in [-0.25, -0.2) is 4.68 Å². The van der Waals surface area contributed by atoms with Crippen LogP contribution in [-0.4, -0.2) is 56.7 Å². The van der Waals surface area contributed by atoms with Crippen LogP contribution >= 0.6 is 0 Å². The predicted molar refractivity (Wildman–Crippen MR) is 90.8 cm³/mol. The highest BCUT2D eigenvalue weighted by molar-refractivity contribution is 5.79. The number of tetrazole rings is 1. The number of hydrogen-bond donors (Lipinski definition) is 1. The summed E-state index contributed by atoms with van der Waals surface area (Å²) in [6, 6.07) is 8.20. The zero-order valence-corrected chi connectivity index (χ0v) is 14.1. The lowest BCUT2D eigenvalue weighted by atomic mass is 10.0. The number of carbonyl (C=O) groups is 1. The van der Waals surface area contributed by atoms with Crippen LogP contribution in [0.15, 0.2) is 30.6 Å². The highest BCUT2D eigenvalue weighted by Gasteiger charge is 2.24. The second-order valence-corrected chi connectivity index (χ2v) is 6.17. The van der Waals surface area contributed by atoms with Gasteiger partial charge in [0.2, 0.25) is 5.91 Å². The largest absolute Gasteiger partial charge is 0.339 e. The summed E-state index contributed by atoms with van der Waals surface area (Å²) in [5.74, 6) is 0.221. The summed E-state index contributed by atoms with van der Waals surface area (Å²) in [4.78, 5) is 14.9. The summed E-state index contributed by atoms with van der Waals surface area (Å²) in [7, 11) is 0. The van der Waals surface area contributed by atoms with Crippen molar-refractivity contribution >= 4 is 5.91 Å². The average Bonchev–Trinajstić information content (AvgIpc) is 3.15. The van der Waals surface area contributed by atoms with Crippen LogP contribution in [0, 0.1) is 0 Å². The molecule has 0 atom stereocenters. The summed E-state index contributed by atoms with van der Waals surface area (Å²) in [5.41, 5.74) is 1.91. The van der Waals surface area contributed by atoms with Crippen LogP contribution in [0.3, 0.4) is 0 Å². The highest BCUT2D eigenvalue weighted by atomic mass is 16.2. The van der Waals surface area contributed by atoms with Crippen molar-refractivity contribution < 1.29 is 4.79 Å². The zero-order valence-electron chi connectivity index (χ0n) is 14.1. The minimum Gasteiger partial charge on any atom is -0.339 e. The quantitative estimate of drug-likeness (QED) is 0.862. The molecule has 1 amide bonds. The number of aromatic nitrogens is 4. The Morgan fingerprint density at radius 3 is 2.67 bits per heavy atom. The Bertz CT molecular complexity index is 634. The first-order chi connectivity index (χ1) is 11.8. The Morgan fingerprint density at radius 1 is 1.29 bits per heavy atom. The van der Waals surface area contributed by atoms with Gasteiger partial charge in [-0.3, -0.25) is 4.79 Å². The van der Waals surface area contributed by atoms with E-state index in [1.165, 1.54) is 0 Å². The third kappa shape index (κ3) is 3.97. The summed E-state index contributed by atoms with van der Waals surface area (Å²) in [6.07, 6.45) is 5.09. The molecule has 2 heterocycles. The molecular weight excluding hydrogens is 304 g/mol. The molecule has 1 aromatic carbocycles. The Morgan fingerprint density at radius 2 is 2.04 bits per heavy atom. The fraction of sp³-hybridized carbons (Fsp3) is 0.529. The highest BCUT2D eigenvalue weighted by Crippen LogP contribution is 2.15. The van der Waals surface area contributed by atoms with E-state index in [0.29, 0.717) is 12.5 Å². The standard InChI is InChI=1S/C17H24N6O/c1-2-11-22(15-7-9-18-10-8-15)17(24)12-14-3-5-16(6-4-14)23-13-19-20-21-23/h3-6,13,15,18H,2,7-12H2,1H3. The molecule has 1 fully saturated rings. The maximum atomic E-state index is 12.8. The molecule has 2 aromatic rings. The number of amides is 1. The number of rotatable bonds is 6. The molecule has 7 nitrogen and oxygen atoms in total. The first kappa shape index (κ1) is 16.6. The molecule has 1 aliphatic rings. The van der Waals surface area contributed by atoms with Crippen molar-refractivity contribution in [2.24, 2.45) is 0 Å². The van der Waals surface area contributed by atoms with Crippen LogP contribution in [-0.2, 0) is 11.2 Å². The number of benzene rings is 1. The molecule has 0 aliphatic carbocycles. The van der Waals surface area contributed by atoms with Gasteiger partial charge in [-0.1, -0.05) is 19.1 Å². The normalized spacial score (nSPS) is 15.4. The molecule has 0 unspecified atom stereocenters. The van der Waals surface area contributed by atoms with Crippen molar-refractivity contribution in [3.63, 3.8) is 0 Å². The van der Waals surface area contributed by atoms with E-state index in [0.717, 1.165) is 50.1 Å². The lowest BCUT2D eigenvalue weighted by molar-refractivity contribution is -0.133. The third-order valence-electron chi connectivity index (χ3n) is 4.44. The number of nitrogens with zero attached hydrogens (tertiary/aromatic N) is 5. The van der Waals surface area contributed by atoms with E-state index in [4.69, 9.17) is 0 Å². The van der Waals surface area contributed by atoms with Crippen molar-refractivity contribution in [2.75, 3.05) is 19.6 Å². The van der Waals surface area contributed by atoms with Gasteiger partial charge in [-0.2, -0.15) is 0 Å². The minimum atomic E-state index is 0.221. The number of nitrogens with one attached hydrogen (secondary N) is 1. The number of hydrogen-bond acceptors (Lipinski definition) is 5. The Balaban J connectivity index is 1.65. The molecule has 7 heteroatoms. The second-order valence-electron chi connectivity index (χ2n) is 6.17. The minimum absolute atomic E-state index is 0.221. The topological polar surface area (TPSA) is 75.9 Å². The molecule has 1 saturated heterocycles. The van der Waals surface area contributed by atoms with Crippen LogP contribution < -0.4 is 5.32 Å². The SMILES string of the molecule is CCCN(C(=O)Cc1ccc(-n2cnnn2)cc1)C1CCNCC1. The average molecular weight is 328 g/mol. The van der Waals surface area contributed by atoms with E-state index in [2.05, 4.69) is 32.7 Å². The van der Waals surface area contributed by atoms with Crippen LogP contribution in [0.5, 0.6) is 0 Å². The molecule has 1 aliphatic heterocycles. The van der Waals surface area contributed by atoms with Gasteiger partial charge in [0, 0.05) is 12.6 Å². The molecule has 3 rings (SSSR count). The lowest BCUT2D eigenvalue weighted by Crippen LogP contribution is -2.47. The van der Waals surface area contributed by atoms with Crippen LogP contribution in [0.25, 0.3) is 5.69 Å². The maximum Gasteiger partial charge on any atom is 0.227 e. The van der Waals surface area contributed by atoms with E-state index in [1.54, 1.807) is 11.0 Å². The smallest absolute Gasteiger partial charge is 0.227 e. The van der Waals surface area contributed by atoms with Crippen molar-refractivity contribution in [1.29, 1.82) is 0 Å². The first-order valence-electron chi connectivity index (χ1n) is 8.60. The van der Waals surface area contributed by atoms with Gasteiger partial charge in [0.15, 0.2) is 0 Å². The monoisotopic (exact) mass is 328 g/mol. The molecule has 0 radical (unpaired) electrons. The van der Waals surface area contributed by atoms with Gasteiger partial charge in [0.25, 0.3) is 0 Å². The van der Waals surface area contributed by atoms with Gasteiger partial charge in [-0.05, 0) is 60.5 Å². The Hall–Kier alpha value is -2.28. The van der Waals surface area contributed by atoms with Crippen molar-refractivity contribution in [3.05, 3.63) is 36.2 Å². The molecule has 24 heavy (non-hydrogen) atoms. The van der Waals surface area contributed by atoms with E-state index < -0.39 is 0 Å². The predicted octanol–water partition coefficient (Wildman–Crippen LogP) is 1.20. The van der Waals surface area contributed by atoms with Gasteiger partial charge >= 0.3 is 0 Å². The molecule has 128 valence electrons. The van der Waals surface area contributed by atoms with Crippen LogP contribution in [0.2, 0.25) is 0 Å². The van der Waals surface area contributed by atoms with Gasteiger partial charge in [0.05, 0.1) is 12.1 Å². The molecule has 1 N–H and O–H groups in total. The number of piperidine rings is 1. The van der Waals surface area contributed by atoms with E-state index >= 15 is 0 Å². The Labute approximate surface area is 142 Å². The molecular formula is C17H24N6O. The number of carbonyl (C=O) groups excluding carboxylic acids is 1. The van der Waals surface area contributed by atoms with Crippen molar-refractivity contribution in [3.8, 4) is 5.69 Å². The van der Waals surface area contributed by atoms with E-state index in [1.807, 2.05) is 24.3 Å². The third-order valence-corrected chi connectivity index (χ3v) is 4.44. The maximum absolute atomic E-state index is 12.8. The van der Waals surface area contributed by atoms with E-state index in [9.17, 15) is 4.79 Å². The van der Waals surface area contributed by atoms with Crippen molar-refractivity contribution in [2.45, 2.75) is 38.6 Å². The summed E-state index contributed by atoms with van der Waals surface area (Å²) < 4.78 is 1.60. The van der Waals surface area contributed by atoms with Gasteiger partial charge < -0.3 is 10.2 Å². The Kier molecular flexibility index (Phi) is 5.53. The van der Waals surface area contributed by atoms with Gasteiger partial charge in [-0.15, -0.1) is 5.10 Å². The molecule has 1 aromatic heterocycles. The fourth-order valence-corrected chi connectivity index (χ4v) is 3.19. The summed E-state index contributed by atoms with van der Waals surface area (Å²) in [6.45, 7) is 4.96. The lowest BCUT2D eigenvalue weighted by Gasteiger charge is -2.34. The molecule has 0 saturated carbocycles. The zero-order chi connectivity index (χ0) is 16.8. The van der Waals surface area contributed by atoms with Crippen LogP contribution in [0.1, 0.15) is 31.7 Å². The van der Waals surface area contributed by atoms with Crippen molar-refractivity contribution in [1.82, 2.24) is 30.4 Å². The summed E-state index contributed by atoms with van der Waals surface area (Å²) in [5, 5.41) is 14.5. The molecule has 0 spiro atoms. The van der Waals surface area contributed by atoms with Gasteiger partial charge in [0.1, 0.15) is 6.33 Å². The molecule has 0 bridgehead atoms. The van der Waals surface area contributed by atoms with Crippen LogP contribution in [0.4, 0.5) is 0 Å². The summed E-state index contributed by atoms with van der Waals surface area (Å²) >= 11 is 0.